The van der Waals surface area contributed by atoms with Crippen LogP contribution < -0.4 is 10.1 Å². The molecule has 2 aliphatic rings. The first kappa shape index (κ1) is 13.5. The second kappa shape index (κ2) is 5.47. The SMILES string of the molecule is Cc1ccc(OCC(=O)N[C@@H]2C[C@H]3CC[C@@H]2C3)cc1C. The summed E-state index contributed by atoms with van der Waals surface area (Å²) in [5.74, 6) is 2.36. The standard InChI is InChI=1S/C17H23NO2/c1-11-3-6-15(7-12(11)2)20-10-17(19)18-16-9-13-4-5-14(16)8-13/h3,6-7,13-14,16H,4-5,8-10H2,1-2H3,(H,18,19)/t13-,14+,16+/m0/s1. The molecule has 0 spiro atoms. The molecule has 0 radical (unpaired) electrons. The van der Waals surface area contributed by atoms with Crippen molar-refractivity contribution in [2.45, 2.75) is 45.6 Å². The maximum atomic E-state index is 12.0. The number of hydrogen-bond donors (Lipinski definition) is 1. The van der Waals surface area contributed by atoms with Crippen molar-refractivity contribution in [3.63, 3.8) is 0 Å². The van der Waals surface area contributed by atoms with Crippen LogP contribution in [-0.2, 0) is 4.79 Å². The Bertz CT molecular complexity index is 512. The van der Waals surface area contributed by atoms with Crippen molar-refractivity contribution in [1.82, 2.24) is 5.32 Å². The van der Waals surface area contributed by atoms with Gasteiger partial charge in [-0.15, -0.1) is 0 Å². The summed E-state index contributed by atoms with van der Waals surface area (Å²) < 4.78 is 5.58. The van der Waals surface area contributed by atoms with Crippen LogP contribution in [0.2, 0.25) is 0 Å². The van der Waals surface area contributed by atoms with Crippen LogP contribution in [0.3, 0.4) is 0 Å². The minimum atomic E-state index is 0.0146. The molecule has 0 saturated heterocycles. The molecule has 0 aliphatic heterocycles. The van der Waals surface area contributed by atoms with Crippen LogP contribution in [-0.4, -0.2) is 18.6 Å². The number of nitrogens with one attached hydrogen (secondary N) is 1. The molecular weight excluding hydrogens is 250 g/mol. The Morgan fingerprint density at radius 2 is 2.10 bits per heavy atom. The average Bonchev–Trinajstić information content (AvgIpc) is 3.02. The zero-order valence-corrected chi connectivity index (χ0v) is 12.3. The predicted molar refractivity (Wildman–Crippen MR) is 78.8 cm³/mol. The summed E-state index contributed by atoms with van der Waals surface area (Å²) in [6.07, 6.45) is 5.12. The maximum absolute atomic E-state index is 12.0. The lowest BCUT2D eigenvalue weighted by Gasteiger charge is -2.22. The van der Waals surface area contributed by atoms with Gasteiger partial charge >= 0.3 is 0 Å². The fourth-order valence-electron chi connectivity index (χ4n) is 3.62. The highest BCUT2D eigenvalue weighted by molar-refractivity contribution is 5.78. The minimum Gasteiger partial charge on any atom is -0.484 e. The number of amides is 1. The van der Waals surface area contributed by atoms with E-state index in [0.717, 1.165) is 11.7 Å². The molecule has 3 atom stereocenters. The van der Waals surface area contributed by atoms with Crippen molar-refractivity contribution in [2.75, 3.05) is 6.61 Å². The second-order valence-electron chi connectivity index (χ2n) is 6.38. The van der Waals surface area contributed by atoms with Gasteiger partial charge in [0.15, 0.2) is 6.61 Å². The van der Waals surface area contributed by atoms with Gasteiger partial charge in [-0.25, -0.2) is 0 Å². The summed E-state index contributed by atoms with van der Waals surface area (Å²) in [5.41, 5.74) is 2.43. The van der Waals surface area contributed by atoms with Gasteiger partial charge in [0.1, 0.15) is 5.75 Å². The minimum absolute atomic E-state index is 0.0146. The van der Waals surface area contributed by atoms with E-state index in [0.29, 0.717) is 12.0 Å². The zero-order chi connectivity index (χ0) is 14.1. The molecule has 0 heterocycles. The van der Waals surface area contributed by atoms with Gasteiger partial charge in [-0.3, -0.25) is 4.79 Å². The molecule has 1 aromatic carbocycles. The molecule has 108 valence electrons. The quantitative estimate of drug-likeness (QED) is 0.916. The Kier molecular flexibility index (Phi) is 3.68. The Morgan fingerprint density at radius 1 is 1.25 bits per heavy atom. The van der Waals surface area contributed by atoms with E-state index in [4.69, 9.17) is 4.74 Å². The van der Waals surface area contributed by atoms with E-state index < -0.39 is 0 Å². The molecule has 2 aliphatic carbocycles. The summed E-state index contributed by atoms with van der Waals surface area (Å²) in [7, 11) is 0. The zero-order valence-electron chi connectivity index (χ0n) is 12.3. The molecule has 1 N–H and O–H groups in total. The lowest BCUT2D eigenvalue weighted by atomic mass is 9.95. The van der Waals surface area contributed by atoms with Crippen molar-refractivity contribution < 1.29 is 9.53 Å². The van der Waals surface area contributed by atoms with Gasteiger partial charge < -0.3 is 10.1 Å². The molecule has 0 aromatic heterocycles. The van der Waals surface area contributed by atoms with Crippen molar-refractivity contribution in [3.8, 4) is 5.75 Å². The lowest BCUT2D eigenvalue weighted by Crippen LogP contribution is -2.40. The fraction of sp³-hybridized carbons (Fsp3) is 0.588. The molecule has 3 nitrogen and oxygen atoms in total. The highest BCUT2D eigenvalue weighted by Crippen LogP contribution is 2.44. The first-order valence-electron chi connectivity index (χ1n) is 7.61. The lowest BCUT2D eigenvalue weighted by molar-refractivity contribution is -0.124. The van der Waals surface area contributed by atoms with Crippen LogP contribution in [0, 0.1) is 25.7 Å². The summed E-state index contributed by atoms with van der Waals surface area (Å²) >= 11 is 0. The molecule has 1 aromatic rings. The summed E-state index contributed by atoms with van der Waals surface area (Å²) in [4.78, 5) is 12.0. The first-order chi connectivity index (χ1) is 9.61. The van der Waals surface area contributed by atoms with Gasteiger partial charge in [-0.1, -0.05) is 12.5 Å². The van der Waals surface area contributed by atoms with E-state index in [9.17, 15) is 4.79 Å². The first-order valence-corrected chi connectivity index (χ1v) is 7.61. The molecule has 0 unspecified atom stereocenters. The number of carbonyl (C=O) groups excluding carboxylic acids is 1. The van der Waals surface area contributed by atoms with Crippen LogP contribution in [0.5, 0.6) is 5.75 Å². The van der Waals surface area contributed by atoms with Crippen molar-refractivity contribution in [1.29, 1.82) is 0 Å². The number of rotatable bonds is 4. The van der Waals surface area contributed by atoms with Gasteiger partial charge in [0.05, 0.1) is 0 Å². The van der Waals surface area contributed by atoms with E-state index in [1.807, 2.05) is 18.2 Å². The average molecular weight is 273 g/mol. The van der Waals surface area contributed by atoms with Gasteiger partial charge in [0, 0.05) is 6.04 Å². The van der Waals surface area contributed by atoms with Crippen molar-refractivity contribution in [3.05, 3.63) is 29.3 Å². The molecular formula is C17H23NO2. The number of carbonyl (C=O) groups is 1. The number of aryl methyl sites for hydroxylation is 2. The number of ether oxygens (including phenoxy) is 1. The number of benzene rings is 1. The monoisotopic (exact) mass is 273 g/mol. The van der Waals surface area contributed by atoms with E-state index >= 15 is 0 Å². The number of hydrogen-bond acceptors (Lipinski definition) is 2. The van der Waals surface area contributed by atoms with Crippen LogP contribution in [0.25, 0.3) is 0 Å². The summed E-state index contributed by atoms with van der Waals surface area (Å²) in [5, 5.41) is 3.14. The largest absolute Gasteiger partial charge is 0.484 e. The highest BCUT2D eigenvalue weighted by Gasteiger charge is 2.40. The van der Waals surface area contributed by atoms with Gasteiger partial charge in [-0.05, 0) is 68.2 Å². The van der Waals surface area contributed by atoms with Gasteiger partial charge in [-0.2, -0.15) is 0 Å². The molecule has 2 bridgehead atoms. The van der Waals surface area contributed by atoms with E-state index in [-0.39, 0.29) is 12.5 Å². The van der Waals surface area contributed by atoms with Gasteiger partial charge in [0.2, 0.25) is 0 Å². The third-order valence-corrected chi connectivity index (χ3v) is 4.93. The molecule has 2 saturated carbocycles. The normalized spacial score (nSPS) is 27.6. The van der Waals surface area contributed by atoms with Crippen molar-refractivity contribution >= 4 is 5.91 Å². The van der Waals surface area contributed by atoms with Crippen LogP contribution >= 0.6 is 0 Å². The Hall–Kier alpha value is -1.51. The smallest absolute Gasteiger partial charge is 0.258 e. The van der Waals surface area contributed by atoms with Crippen LogP contribution in [0.1, 0.15) is 36.8 Å². The van der Waals surface area contributed by atoms with Crippen LogP contribution in [0.15, 0.2) is 18.2 Å². The Morgan fingerprint density at radius 3 is 2.75 bits per heavy atom. The molecule has 3 heteroatoms. The summed E-state index contributed by atoms with van der Waals surface area (Å²) in [6, 6.07) is 6.33. The Balaban J connectivity index is 1.48. The predicted octanol–water partition coefficient (Wildman–Crippen LogP) is 2.99. The maximum Gasteiger partial charge on any atom is 0.258 e. The molecule has 2 fully saturated rings. The summed E-state index contributed by atoms with van der Waals surface area (Å²) in [6.45, 7) is 4.24. The van der Waals surface area contributed by atoms with E-state index in [1.165, 1.54) is 36.8 Å². The third-order valence-electron chi connectivity index (χ3n) is 4.93. The number of fused-ring (bicyclic) bond motifs is 2. The fourth-order valence-corrected chi connectivity index (χ4v) is 3.62. The topological polar surface area (TPSA) is 38.3 Å². The van der Waals surface area contributed by atoms with Crippen molar-refractivity contribution in [2.24, 2.45) is 11.8 Å². The highest BCUT2D eigenvalue weighted by atomic mass is 16.5. The third kappa shape index (κ3) is 2.82. The second-order valence-corrected chi connectivity index (χ2v) is 6.38. The van der Waals surface area contributed by atoms with Gasteiger partial charge in [0.25, 0.3) is 5.91 Å². The van der Waals surface area contributed by atoms with E-state index in [1.54, 1.807) is 0 Å². The van der Waals surface area contributed by atoms with Crippen LogP contribution in [0.4, 0.5) is 0 Å². The molecule has 1 amide bonds. The van der Waals surface area contributed by atoms with E-state index in [2.05, 4.69) is 19.2 Å². The molecule has 20 heavy (non-hydrogen) atoms. The Labute approximate surface area is 120 Å². The molecule has 3 rings (SSSR count).